The van der Waals surface area contributed by atoms with Crippen LogP contribution in [0.25, 0.3) is 10.8 Å². The minimum atomic E-state index is 0.322. The standard InChI is InChI=1S/C19H23BrO/c20-14-19(11-5-1-2-6-12-19)15-21-18-10-9-16-7-3-4-8-17(16)13-18/h3-4,7-10,13H,1-2,5-6,11-12,14-15H2. The lowest BCUT2D eigenvalue weighted by Gasteiger charge is -2.30. The minimum absolute atomic E-state index is 0.322. The summed E-state index contributed by atoms with van der Waals surface area (Å²) in [5, 5.41) is 3.58. The smallest absolute Gasteiger partial charge is 0.119 e. The molecule has 0 aliphatic heterocycles. The van der Waals surface area contributed by atoms with Crippen LogP contribution in [0.1, 0.15) is 38.5 Å². The van der Waals surface area contributed by atoms with Crippen LogP contribution in [-0.4, -0.2) is 11.9 Å². The van der Waals surface area contributed by atoms with E-state index >= 15 is 0 Å². The van der Waals surface area contributed by atoms with Crippen LogP contribution in [0.2, 0.25) is 0 Å². The quantitative estimate of drug-likeness (QED) is 0.490. The molecule has 0 spiro atoms. The number of ether oxygens (including phenoxy) is 1. The van der Waals surface area contributed by atoms with Gasteiger partial charge >= 0.3 is 0 Å². The molecular formula is C19H23BrO. The average Bonchev–Trinajstić information content (AvgIpc) is 2.79. The Bertz CT molecular complexity index is 585. The number of rotatable bonds is 4. The molecule has 0 N–H and O–H groups in total. The van der Waals surface area contributed by atoms with Crippen molar-refractivity contribution >= 4 is 26.7 Å². The van der Waals surface area contributed by atoms with Gasteiger partial charge in [-0.15, -0.1) is 0 Å². The fourth-order valence-electron chi connectivity index (χ4n) is 3.29. The molecule has 1 nitrogen and oxygen atoms in total. The Kier molecular flexibility index (Phi) is 4.84. The van der Waals surface area contributed by atoms with Crippen LogP contribution in [0.5, 0.6) is 5.75 Å². The highest BCUT2D eigenvalue weighted by atomic mass is 79.9. The van der Waals surface area contributed by atoms with Gasteiger partial charge in [0.15, 0.2) is 0 Å². The van der Waals surface area contributed by atoms with Gasteiger partial charge in [0.1, 0.15) is 5.75 Å². The number of benzene rings is 2. The molecule has 0 bridgehead atoms. The maximum atomic E-state index is 6.17. The van der Waals surface area contributed by atoms with E-state index in [0.717, 1.165) is 17.7 Å². The van der Waals surface area contributed by atoms with Crippen LogP contribution in [0.15, 0.2) is 42.5 Å². The Morgan fingerprint density at radius 2 is 1.62 bits per heavy atom. The monoisotopic (exact) mass is 346 g/mol. The molecular weight excluding hydrogens is 324 g/mol. The molecule has 0 unspecified atom stereocenters. The van der Waals surface area contributed by atoms with E-state index in [2.05, 4.69) is 58.4 Å². The van der Waals surface area contributed by atoms with Gasteiger partial charge in [-0.05, 0) is 35.7 Å². The molecule has 0 saturated heterocycles. The third-order valence-electron chi connectivity index (χ3n) is 4.71. The fraction of sp³-hybridized carbons (Fsp3) is 0.474. The number of hydrogen-bond acceptors (Lipinski definition) is 1. The molecule has 0 radical (unpaired) electrons. The summed E-state index contributed by atoms with van der Waals surface area (Å²) in [5.41, 5.74) is 0.322. The van der Waals surface area contributed by atoms with Crippen molar-refractivity contribution in [3.63, 3.8) is 0 Å². The molecule has 0 amide bonds. The summed E-state index contributed by atoms with van der Waals surface area (Å²) in [6, 6.07) is 14.9. The van der Waals surface area contributed by atoms with E-state index in [9.17, 15) is 0 Å². The Balaban J connectivity index is 1.72. The zero-order valence-corrected chi connectivity index (χ0v) is 14.1. The molecule has 2 heteroatoms. The van der Waals surface area contributed by atoms with Gasteiger partial charge in [-0.25, -0.2) is 0 Å². The highest BCUT2D eigenvalue weighted by Gasteiger charge is 2.30. The first-order valence-corrected chi connectivity index (χ1v) is 9.11. The van der Waals surface area contributed by atoms with E-state index in [0.29, 0.717) is 5.41 Å². The molecule has 2 aromatic rings. The second kappa shape index (κ2) is 6.83. The lowest BCUT2D eigenvalue weighted by molar-refractivity contribution is 0.149. The van der Waals surface area contributed by atoms with Gasteiger partial charge in [0.05, 0.1) is 6.61 Å². The molecule has 1 fully saturated rings. The number of fused-ring (bicyclic) bond motifs is 1. The SMILES string of the molecule is BrCC1(COc2ccc3ccccc3c2)CCCCCC1. The largest absolute Gasteiger partial charge is 0.493 e. The van der Waals surface area contributed by atoms with Crippen molar-refractivity contribution in [1.82, 2.24) is 0 Å². The fourth-order valence-corrected chi connectivity index (χ4v) is 4.01. The summed E-state index contributed by atoms with van der Waals surface area (Å²) in [5.74, 6) is 0.998. The minimum Gasteiger partial charge on any atom is -0.493 e. The predicted molar refractivity (Wildman–Crippen MR) is 93.4 cm³/mol. The summed E-state index contributed by atoms with van der Waals surface area (Å²) in [4.78, 5) is 0. The molecule has 1 aliphatic rings. The number of hydrogen-bond donors (Lipinski definition) is 0. The van der Waals surface area contributed by atoms with Gasteiger partial charge in [-0.2, -0.15) is 0 Å². The van der Waals surface area contributed by atoms with Gasteiger partial charge in [0.25, 0.3) is 0 Å². The van der Waals surface area contributed by atoms with Crippen molar-refractivity contribution in [1.29, 1.82) is 0 Å². The van der Waals surface area contributed by atoms with Crippen molar-refractivity contribution in [3.05, 3.63) is 42.5 Å². The predicted octanol–water partition coefficient (Wildman–Crippen LogP) is 5.95. The van der Waals surface area contributed by atoms with Crippen molar-refractivity contribution < 1.29 is 4.74 Å². The van der Waals surface area contributed by atoms with E-state index in [4.69, 9.17) is 4.74 Å². The number of halogens is 1. The van der Waals surface area contributed by atoms with Crippen molar-refractivity contribution in [2.24, 2.45) is 5.41 Å². The zero-order chi connectivity index (χ0) is 14.5. The summed E-state index contributed by atoms with van der Waals surface area (Å²) < 4.78 is 6.17. The molecule has 21 heavy (non-hydrogen) atoms. The van der Waals surface area contributed by atoms with E-state index in [-0.39, 0.29) is 0 Å². The van der Waals surface area contributed by atoms with Crippen LogP contribution in [-0.2, 0) is 0 Å². The lowest BCUT2D eigenvalue weighted by Crippen LogP contribution is -2.29. The van der Waals surface area contributed by atoms with E-state index in [1.807, 2.05) is 0 Å². The highest BCUT2D eigenvalue weighted by Crippen LogP contribution is 2.37. The van der Waals surface area contributed by atoms with Crippen LogP contribution in [0.4, 0.5) is 0 Å². The maximum absolute atomic E-state index is 6.17. The topological polar surface area (TPSA) is 9.23 Å². The second-order valence-corrected chi connectivity index (χ2v) is 6.91. The summed E-state index contributed by atoms with van der Waals surface area (Å²) in [6.45, 7) is 0.830. The first-order valence-electron chi connectivity index (χ1n) is 7.99. The van der Waals surface area contributed by atoms with Gasteiger partial charge in [0, 0.05) is 10.7 Å². The molecule has 0 atom stereocenters. The Morgan fingerprint density at radius 1 is 0.905 bits per heavy atom. The number of alkyl halides is 1. The molecule has 112 valence electrons. The maximum Gasteiger partial charge on any atom is 0.119 e. The van der Waals surface area contributed by atoms with E-state index in [1.54, 1.807) is 0 Å². The summed E-state index contributed by atoms with van der Waals surface area (Å²) in [6.07, 6.45) is 8.01. The van der Waals surface area contributed by atoms with Crippen LogP contribution >= 0.6 is 15.9 Å². The molecule has 1 saturated carbocycles. The Hall–Kier alpha value is -1.02. The van der Waals surface area contributed by atoms with E-state index < -0.39 is 0 Å². The molecule has 0 heterocycles. The third kappa shape index (κ3) is 3.60. The Morgan fingerprint density at radius 3 is 2.33 bits per heavy atom. The zero-order valence-electron chi connectivity index (χ0n) is 12.5. The molecule has 3 rings (SSSR count). The molecule has 1 aliphatic carbocycles. The summed E-state index contributed by atoms with van der Waals surface area (Å²) in [7, 11) is 0. The van der Waals surface area contributed by atoms with Crippen LogP contribution < -0.4 is 4.74 Å². The van der Waals surface area contributed by atoms with E-state index in [1.165, 1.54) is 49.3 Å². The first-order chi connectivity index (χ1) is 10.3. The normalized spacial score (nSPS) is 18.3. The molecule has 2 aromatic carbocycles. The summed E-state index contributed by atoms with van der Waals surface area (Å²) >= 11 is 3.74. The van der Waals surface area contributed by atoms with Crippen molar-refractivity contribution in [2.75, 3.05) is 11.9 Å². The van der Waals surface area contributed by atoms with Gasteiger partial charge in [-0.3, -0.25) is 0 Å². The van der Waals surface area contributed by atoms with Crippen LogP contribution in [0, 0.1) is 5.41 Å². The first kappa shape index (κ1) is 14.9. The van der Waals surface area contributed by atoms with Gasteiger partial charge in [0.2, 0.25) is 0 Å². The second-order valence-electron chi connectivity index (χ2n) is 6.35. The van der Waals surface area contributed by atoms with Crippen molar-refractivity contribution in [2.45, 2.75) is 38.5 Å². The average molecular weight is 347 g/mol. The van der Waals surface area contributed by atoms with Gasteiger partial charge in [-0.1, -0.05) is 71.9 Å². The van der Waals surface area contributed by atoms with Crippen molar-refractivity contribution in [3.8, 4) is 5.75 Å². The highest BCUT2D eigenvalue weighted by molar-refractivity contribution is 9.09. The Labute approximate surface area is 135 Å². The van der Waals surface area contributed by atoms with Gasteiger partial charge < -0.3 is 4.74 Å². The van der Waals surface area contributed by atoms with Crippen LogP contribution in [0.3, 0.4) is 0 Å². The third-order valence-corrected chi connectivity index (χ3v) is 5.90. The lowest BCUT2D eigenvalue weighted by atomic mass is 9.83. The molecule has 0 aromatic heterocycles.